The highest BCUT2D eigenvalue weighted by molar-refractivity contribution is 7.22. The third kappa shape index (κ3) is 5.49. The highest BCUT2D eigenvalue weighted by Crippen LogP contribution is 2.33. The normalized spacial score (nSPS) is 11.5. The zero-order chi connectivity index (χ0) is 25.2. The Morgan fingerprint density at radius 2 is 1.86 bits per heavy atom. The minimum atomic E-state index is -0.458. The molecule has 0 atom stereocenters. The molecule has 0 aliphatic heterocycles. The monoisotopic (exact) mass is 511 g/mol. The summed E-state index contributed by atoms with van der Waals surface area (Å²) >= 11 is 7.39. The maximum Gasteiger partial charge on any atom is 0.275 e. The second-order valence-corrected chi connectivity index (χ2v) is 10.4. The van der Waals surface area contributed by atoms with Crippen molar-refractivity contribution in [3.05, 3.63) is 70.2 Å². The molecule has 0 spiro atoms. The molecule has 0 unspecified atom stereocenters. The van der Waals surface area contributed by atoms with Gasteiger partial charge >= 0.3 is 0 Å². The standard InChI is InChI=1S/C26H26ClN3O4S/c1-26(2,3)25(32)28-11-12-34-20-10-9-18(13-21(20)33-4)30-15-29-19-14-22(35-23(19)24(30)31)16-5-7-17(27)8-6-16/h5-10,13-15H,11-12H2,1-4H3,(H,28,32). The van der Waals surface area contributed by atoms with E-state index in [1.807, 2.05) is 51.1 Å². The first-order chi connectivity index (χ1) is 16.7. The second kappa shape index (κ2) is 10.1. The Morgan fingerprint density at radius 3 is 2.54 bits per heavy atom. The molecule has 9 heteroatoms. The van der Waals surface area contributed by atoms with Crippen molar-refractivity contribution in [3.8, 4) is 27.6 Å². The van der Waals surface area contributed by atoms with Gasteiger partial charge in [0, 0.05) is 21.4 Å². The van der Waals surface area contributed by atoms with Crippen molar-refractivity contribution in [2.24, 2.45) is 5.41 Å². The van der Waals surface area contributed by atoms with Crippen LogP contribution in [0.15, 0.2) is 59.7 Å². The number of hydrogen-bond acceptors (Lipinski definition) is 6. The first kappa shape index (κ1) is 24.8. The van der Waals surface area contributed by atoms with Gasteiger partial charge in [0.25, 0.3) is 5.56 Å². The van der Waals surface area contributed by atoms with Crippen molar-refractivity contribution in [1.29, 1.82) is 0 Å². The first-order valence-electron chi connectivity index (χ1n) is 11.0. The number of hydrogen-bond donors (Lipinski definition) is 1. The number of nitrogens with zero attached hydrogens (tertiary/aromatic N) is 2. The van der Waals surface area contributed by atoms with Crippen LogP contribution in [-0.2, 0) is 4.79 Å². The van der Waals surface area contributed by atoms with Gasteiger partial charge in [-0.2, -0.15) is 0 Å². The maximum atomic E-state index is 13.3. The molecule has 1 amide bonds. The Balaban J connectivity index is 1.55. The van der Waals surface area contributed by atoms with Crippen LogP contribution in [-0.4, -0.2) is 35.7 Å². The van der Waals surface area contributed by atoms with Gasteiger partial charge in [0.2, 0.25) is 5.91 Å². The number of amides is 1. The number of carbonyl (C=O) groups excluding carboxylic acids is 1. The number of nitrogens with one attached hydrogen (secondary N) is 1. The minimum absolute atomic E-state index is 0.0431. The predicted octanol–water partition coefficient (Wildman–Crippen LogP) is 5.32. The van der Waals surface area contributed by atoms with Crippen molar-refractivity contribution >= 4 is 39.1 Å². The zero-order valence-corrected chi connectivity index (χ0v) is 21.5. The SMILES string of the molecule is COc1cc(-n2cnc3cc(-c4ccc(Cl)cc4)sc3c2=O)ccc1OCCNC(=O)C(C)(C)C. The van der Waals surface area contributed by atoms with Crippen molar-refractivity contribution in [1.82, 2.24) is 14.9 Å². The molecule has 35 heavy (non-hydrogen) atoms. The van der Waals surface area contributed by atoms with E-state index in [1.54, 1.807) is 18.2 Å². The molecule has 1 N–H and O–H groups in total. The zero-order valence-electron chi connectivity index (χ0n) is 19.9. The summed E-state index contributed by atoms with van der Waals surface area (Å²) in [7, 11) is 1.54. The van der Waals surface area contributed by atoms with Gasteiger partial charge in [0.1, 0.15) is 17.6 Å². The largest absolute Gasteiger partial charge is 0.493 e. The van der Waals surface area contributed by atoms with E-state index in [0.717, 1.165) is 10.4 Å². The summed E-state index contributed by atoms with van der Waals surface area (Å²) in [4.78, 5) is 30.7. The van der Waals surface area contributed by atoms with Crippen LogP contribution >= 0.6 is 22.9 Å². The average molecular weight is 512 g/mol. The van der Waals surface area contributed by atoms with Crippen molar-refractivity contribution < 1.29 is 14.3 Å². The van der Waals surface area contributed by atoms with Gasteiger partial charge in [-0.05, 0) is 35.9 Å². The number of halogens is 1. The highest BCUT2D eigenvalue weighted by atomic mass is 35.5. The molecule has 7 nitrogen and oxygen atoms in total. The second-order valence-electron chi connectivity index (χ2n) is 8.94. The van der Waals surface area contributed by atoms with E-state index in [2.05, 4.69) is 10.3 Å². The molecule has 0 saturated heterocycles. The molecule has 0 radical (unpaired) electrons. The average Bonchev–Trinajstić information content (AvgIpc) is 3.27. The molecule has 2 aromatic carbocycles. The van der Waals surface area contributed by atoms with Gasteiger partial charge in [0.05, 0.1) is 24.9 Å². The fourth-order valence-corrected chi connectivity index (χ4v) is 4.54. The van der Waals surface area contributed by atoms with Crippen molar-refractivity contribution in [3.63, 3.8) is 0 Å². The third-order valence-electron chi connectivity index (χ3n) is 5.32. The lowest BCUT2D eigenvalue weighted by molar-refractivity contribution is -0.128. The maximum absolute atomic E-state index is 13.3. The van der Waals surface area contributed by atoms with Crippen LogP contribution in [0.25, 0.3) is 26.3 Å². The van der Waals surface area contributed by atoms with Gasteiger partial charge in [-0.3, -0.25) is 14.2 Å². The van der Waals surface area contributed by atoms with E-state index < -0.39 is 5.41 Å². The Morgan fingerprint density at radius 1 is 1.11 bits per heavy atom. The van der Waals surface area contributed by atoms with Gasteiger partial charge in [-0.25, -0.2) is 4.98 Å². The molecule has 0 saturated carbocycles. The molecule has 2 heterocycles. The topological polar surface area (TPSA) is 82.5 Å². The number of methoxy groups -OCH3 is 1. The van der Waals surface area contributed by atoms with E-state index in [1.165, 1.54) is 29.3 Å². The van der Waals surface area contributed by atoms with Crippen molar-refractivity contribution in [2.75, 3.05) is 20.3 Å². The lowest BCUT2D eigenvalue weighted by Gasteiger charge is -2.18. The quantitative estimate of drug-likeness (QED) is 0.340. The molecular formula is C26H26ClN3O4S. The number of thiophene rings is 1. The smallest absolute Gasteiger partial charge is 0.275 e. The summed E-state index contributed by atoms with van der Waals surface area (Å²) in [6.07, 6.45) is 1.51. The van der Waals surface area contributed by atoms with Crippen LogP contribution in [0.4, 0.5) is 0 Å². The molecule has 0 aliphatic rings. The molecular weight excluding hydrogens is 486 g/mol. The Bertz CT molecular complexity index is 1420. The number of benzene rings is 2. The summed E-state index contributed by atoms with van der Waals surface area (Å²) < 4.78 is 13.3. The van der Waals surface area contributed by atoms with Gasteiger partial charge in [-0.1, -0.05) is 44.5 Å². The lowest BCUT2D eigenvalue weighted by atomic mass is 9.96. The summed E-state index contributed by atoms with van der Waals surface area (Å²) in [5.74, 6) is 0.952. The third-order valence-corrected chi connectivity index (χ3v) is 6.73. The van der Waals surface area contributed by atoms with Crippen molar-refractivity contribution in [2.45, 2.75) is 20.8 Å². The van der Waals surface area contributed by atoms with E-state index in [4.69, 9.17) is 21.1 Å². The van der Waals surface area contributed by atoms with E-state index in [-0.39, 0.29) is 18.1 Å². The summed E-state index contributed by atoms with van der Waals surface area (Å²) in [5, 5.41) is 3.50. The molecule has 4 aromatic rings. The fourth-order valence-electron chi connectivity index (χ4n) is 3.37. The minimum Gasteiger partial charge on any atom is -0.493 e. The summed E-state index contributed by atoms with van der Waals surface area (Å²) in [5.41, 5.74) is 1.60. The lowest BCUT2D eigenvalue weighted by Crippen LogP contribution is -2.37. The molecule has 182 valence electrons. The Hall–Kier alpha value is -3.36. The Kier molecular flexibility index (Phi) is 7.14. The molecule has 0 bridgehead atoms. The van der Waals surface area contributed by atoms with E-state index >= 15 is 0 Å². The number of carbonyl (C=O) groups is 1. The number of ether oxygens (including phenoxy) is 2. The summed E-state index contributed by atoms with van der Waals surface area (Å²) in [6.45, 7) is 6.22. The Labute approximate surface area is 212 Å². The van der Waals surface area contributed by atoms with Crippen LogP contribution < -0.4 is 20.3 Å². The number of aromatic nitrogens is 2. The predicted molar refractivity (Wildman–Crippen MR) is 140 cm³/mol. The van der Waals surface area contributed by atoms with E-state index in [0.29, 0.717) is 39.0 Å². The molecule has 0 aliphatic carbocycles. The fraction of sp³-hybridized carbons (Fsp3) is 0.269. The highest BCUT2D eigenvalue weighted by Gasteiger charge is 2.20. The van der Waals surface area contributed by atoms with Crippen LogP contribution in [0.5, 0.6) is 11.5 Å². The van der Waals surface area contributed by atoms with Gasteiger partial charge in [0.15, 0.2) is 11.5 Å². The van der Waals surface area contributed by atoms with Crippen LogP contribution in [0, 0.1) is 5.41 Å². The van der Waals surface area contributed by atoms with E-state index in [9.17, 15) is 9.59 Å². The van der Waals surface area contributed by atoms with Crippen LogP contribution in [0.1, 0.15) is 20.8 Å². The molecule has 0 fully saturated rings. The van der Waals surface area contributed by atoms with Gasteiger partial charge in [-0.15, -0.1) is 11.3 Å². The van der Waals surface area contributed by atoms with Crippen LogP contribution in [0.2, 0.25) is 5.02 Å². The molecule has 4 rings (SSSR count). The van der Waals surface area contributed by atoms with Crippen LogP contribution in [0.3, 0.4) is 0 Å². The number of rotatable bonds is 7. The summed E-state index contributed by atoms with van der Waals surface area (Å²) in [6, 6.07) is 14.6. The number of fused-ring (bicyclic) bond motifs is 1. The molecule has 2 aromatic heterocycles. The first-order valence-corrected chi connectivity index (χ1v) is 12.2. The van der Waals surface area contributed by atoms with Gasteiger partial charge < -0.3 is 14.8 Å².